The Bertz CT molecular complexity index is 569. The van der Waals surface area contributed by atoms with Gasteiger partial charge in [-0.05, 0) is 18.6 Å². The molecule has 1 aromatic carbocycles. The third kappa shape index (κ3) is 3.23. The summed E-state index contributed by atoms with van der Waals surface area (Å²) in [7, 11) is 3.79. The zero-order valence-electron chi connectivity index (χ0n) is 10.9. The summed E-state index contributed by atoms with van der Waals surface area (Å²) in [5.41, 5.74) is 6.65. The van der Waals surface area contributed by atoms with Crippen molar-refractivity contribution in [2.75, 3.05) is 19.0 Å². The standard InChI is InChI=1S/C12H15FN4S2/c1-7(14)8-5-4-6-9(13)10(8)18-12-16-15-11(19-12)17(2)3/h4-7H,14H2,1-3H3/t7-/m1/s1. The Hall–Kier alpha value is -1.18. The lowest BCUT2D eigenvalue weighted by atomic mass is 10.1. The summed E-state index contributed by atoms with van der Waals surface area (Å²) in [5, 5.41) is 8.89. The summed E-state index contributed by atoms with van der Waals surface area (Å²) >= 11 is 2.69. The van der Waals surface area contributed by atoms with Crippen molar-refractivity contribution in [3.8, 4) is 0 Å². The second-order valence-electron chi connectivity index (χ2n) is 4.29. The lowest BCUT2D eigenvalue weighted by Gasteiger charge is -2.11. The van der Waals surface area contributed by atoms with Crippen LogP contribution in [0.15, 0.2) is 27.4 Å². The minimum absolute atomic E-state index is 0.223. The summed E-state index contributed by atoms with van der Waals surface area (Å²) in [5.74, 6) is -0.276. The van der Waals surface area contributed by atoms with Crippen molar-refractivity contribution in [2.45, 2.75) is 22.2 Å². The average molecular weight is 298 g/mol. The van der Waals surface area contributed by atoms with Gasteiger partial charge in [-0.1, -0.05) is 35.2 Å². The predicted molar refractivity (Wildman–Crippen MR) is 77.4 cm³/mol. The van der Waals surface area contributed by atoms with Crippen LogP contribution in [-0.2, 0) is 0 Å². The minimum atomic E-state index is -0.276. The number of benzene rings is 1. The van der Waals surface area contributed by atoms with Gasteiger partial charge in [0.25, 0.3) is 0 Å². The topological polar surface area (TPSA) is 55.0 Å². The van der Waals surface area contributed by atoms with Crippen LogP contribution in [0.3, 0.4) is 0 Å². The Morgan fingerprint density at radius 2 is 2.11 bits per heavy atom. The van der Waals surface area contributed by atoms with E-state index in [-0.39, 0.29) is 11.9 Å². The van der Waals surface area contributed by atoms with Crippen LogP contribution in [0.4, 0.5) is 9.52 Å². The van der Waals surface area contributed by atoms with E-state index in [4.69, 9.17) is 5.73 Å². The fourth-order valence-corrected chi connectivity index (χ4v) is 3.44. The smallest absolute Gasteiger partial charge is 0.208 e. The Labute approximate surface area is 119 Å². The maximum absolute atomic E-state index is 13.9. The van der Waals surface area contributed by atoms with Gasteiger partial charge in [0.1, 0.15) is 5.82 Å². The fraction of sp³-hybridized carbons (Fsp3) is 0.333. The summed E-state index contributed by atoms with van der Waals surface area (Å²) in [6.07, 6.45) is 0. The van der Waals surface area contributed by atoms with Gasteiger partial charge < -0.3 is 10.6 Å². The van der Waals surface area contributed by atoms with E-state index in [2.05, 4.69) is 10.2 Å². The molecule has 19 heavy (non-hydrogen) atoms. The number of hydrogen-bond donors (Lipinski definition) is 1. The zero-order valence-corrected chi connectivity index (χ0v) is 12.6. The molecule has 0 aliphatic heterocycles. The van der Waals surface area contributed by atoms with Gasteiger partial charge in [0, 0.05) is 20.1 Å². The van der Waals surface area contributed by atoms with Crippen LogP contribution in [0.1, 0.15) is 18.5 Å². The van der Waals surface area contributed by atoms with Crippen LogP contribution < -0.4 is 10.6 Å². The number of nitrogens with two attached hydrogens (primary N) is 1. The van der Waals surface area contributed by atoms with Crippen molar-refractivity contribution in [3.63, 3.8) is 0 Å². The van der Waals surface area contributed by atoms with Gasteiger partial charge in [-0.15, -0.1) is 10.2 Å². The first-order chi connectivity index (χ1) is 8.99. The predicted octanol–water partition coefficient (Wildman–Crippen LogP) is 2.91. The number of nitrogens with zero attached hydrogens (tertiary/aromatic N) is 3. The van der Waals surface area contributed by atoms with Crippen molar-refractivity contribution in [2.24, 2.45) is 5.73 Å². The van der Waals surface area contributed by atoms with E-state index in [0.29, 0.717) is 9.24 Å². The summed E-state index contributed by atoms with van der Waals surface area (Å²) < 4.78 is 14.6. The zero-order chi connectivity index (χ0) is 14.0. The highest BCUT2D eigenvalue weighted by Gasteiger charge is 2.16. The van der Waals surface area contributed by atoms with Crippen LogP contribution >= 0.6 is 23.1 Å². The van der Waals surface area contributed by atoms with Gasteiger partial charge in [-0.25, -0.2) is 4.39 Å². The minimum Gasteiger partial charge on any atom is -0.353 e. The average Bonchev–Trinajstić information content (AvgIpc) is 2.80. The highest BCUT2D eigenvalue weighted by molar-refractivity contribution is 8.01. The highest BCUT2D eigenvalue weighted by atomic mass is 32.2. The largest absolute Gasteiger partial charge is 0.353 e. The number of anilines is 1. The lowest BCUT2D eigenvalue weighted by Crippen LogP contribution is -2.07. The molecule has 0 bridgehead atoms. The molecule has 0 saturated heterocycles. The summed E-state index contributed by atoms with van der Waals surface area (Å²) in [4.78, 5) is 2.40. The van der Waals surface area contributed by atoms with Gasteiger partial charge in [0.15, 0.2) is 4.34 Å². The SMILES string of the molecule is C[C@@H](N)c1cccc(F)c1Sc1nnc(N(C)C)s1. The normalized spacial score (nSPS) is 12.5. The van der Waals surface area contributed by atoms with Gasteiger partial charge >= 0.3 is 0 Å². The number of halogens is 1. The lowest BCUT2D eigenvalue weighted by molar-refractivity contribution is 0.591. The van der Waals surface area contributed by atoms with Crippen LogP contribution in [0.25, 0.3) is 0 Å². The van der Waals surface area contributed by atoms with Gasteiger partial charge in [0.05, 0.1) is 4.90 Å². The van der Waals surface area contributed by atoms with Crippen LogP contribution in [0, 0.1) is 5.82 Å². The first-order valence-corrected chi connectivity index (χ1v) is 7.35. The molecule has 2 N–H and O–H groups in total. The molecule has 0 radical (unpaired) electrons. The van der Waals surface area contributed by atoms with Crippen LogP contribution in [-0.4, -0.2) is 24.3 Å². The van der Waals surface area contributed by atoms with E-state index in [1.54, 1.807) is 6.07 Å². The molecule has 0 unspecified atom stereocenters. The van der Waals surface area contributed by atoms with Crippen molar-refractivity contribution < 1.29 is 4.39 Å². The highest BCUT2D eigenvalue weighted by Crippen LogP contribution is 2.37. The molecule has 2 aromatic rings. The molecule has 0 amide bonds. The Kier molecular flexibility index (Phi) is 4.38. The number of hydrogen-bond acceptors (Lipinski definition) is 6. The molecule has 0 fully saturated rings. The third-order valence-electron chi connectivity index (χ3n) is 2.46. The van der Waals surface area contributed by atoms with Crippen LogP contribution in [0.5, 0.6) is 0 Å². The summed E-state index contributed by atoms with van der Waals surface area (Å²) in [6.45, 7) is 1.84. The van der Waals surface area contributed by atoms with E-state index >= 15 is 0 Å². The molecule has 1 aromatic heterocycles. The van der Waals surface area contributed by atoms with Gasteiger partial charge in [0.2, 0.25) is 5.13 Å². The molecule has 102 valence electrons. The first-order valence-electron chi connectivity index (χ1n) is 5.71. The molecule has 4 nitrogen and oxygen atoms in total. The van der Waals surface area contributed by atoms with E-state index in [0.717, 1.165) is 10.7 Å². The monoisotopic (exact) mass is 298 g/mol. The van der Waals surface area contributed by atoms with E-state index in [9.17, 15) is 4.39 Å². The molecular formula is C12H15FN4S2. The molecule has 2 rings (SSSR count). The Balaban J connectivity index is 2.32. The Morgan fingerprint density at radius 1 is 1.37 bits per heavy atom. The van der Waals surface area contributed by atoms with E-state index in [1.165, 1.54) is 29.2 Å². The molecule has 0 saturated carbocycles. The van der Waals surface area contributed by atoms with Crippen molar-refractivity contribution >= 4 is 28.2 Å². The molecule has 0 spiro atoms. The Morgan fingerprint density at radius 3 is 2.68 bits per heavy atom. The van der Waals surface area contributed by atoms with Crippen LogP contribution in [0.2, 0.25) is 0 Å². The first kappa shape index (κ1) is 14.2. The maximum atomic E-state index is 13.9. The van der Waals surface area contributed by atoms with Gasteiger partial charge in [-0.2, -0.15) is 0 Å². The quantitative estimate of drug-likeness (QED) is 0.940. The molecule has 1 atom stereocenters. The number of rotatable bonds is 4. The summed E-state index contributed by atoms with van der Waals surface area (Å²) in [6, 6.07) is 4.72. The van der Waals surface area contributed by atoms with E-state index < -0.39 is 0 Å². The molecule has 0 aliphatic rings. The van der Waals surface area contributed by atoms with E-state index in [1.807, 2.05) is 32.0 Å². The molecule has 0 aliphatic carbocycles. The third-order valence-corrected chi connectivity index (χ3v) is 4.73. The molecular weight excluding hydrogens is 283 g/mol. The molecule has 1 heterocycles. The van der Waals surface area contributed by atoms with Crippen molar-refractivity contribution in [1.82, 2.24) is 10.2 Å². The van der Waals surface area contributed by atoms with Crippen molar-refractivity contribution in [1.29, 1.82) is 0 Å². The second kappa shape index (κ2) is 5.85. The van der Waals surface area contributed by atoms with Crippen molar-refractivity contribution in [3.05, 3.63) is 29.6 Å². The molecule has 7 heteroatoms. The second-order valence-corrected chi connectivity index (χ2v) is 6.51. The fourth-order valence-electron chi connectivity index (χ4n) is 1.50. The maximum Gasteiger partial charge on any atom is 0.208 e. The number of aromatic nitrogens is 2. The van der Waals surface area contributed by atoms with Gasteiger partial charge in [-0.3, -0.25) is 0 Å².